The van der Waals surface area contributed by atoms with Crippen molar-refractivity contribution < 1.29 is 9.53 Å². The molecule has 5 heteroatoms. The molecule has 0 heterocycles. The number of ether oxygens (including phenoxy) is 1. The molecule has 1 rings (SSSR count). The Morgan fingerprint density at radius 3 is 2.43 bits per heavy atom. The van der Waals surface area contributed by atoms with E-state index in [0.717, 1.165) is 12.8 Å². The predicted molar refractivity (Wildman–Crippen MR) is 89.6 cm³/mol. The zero-order valence-electron chi connectivity index (χ0n) is 12.8. The monoisotopic (exact) mass is 350 g/mol. The summed E-state index contributed by atoms with van der Waals surface area (Å²) < 4.78 is 5.30. The molecule has 0 aliphatic heterocycles. The fourth-order valence-corrected chi connectivity index (χ4v) is 3.09. The van der Waals surface area contributed by atoms with Crippen LogP contribution in [0.3, 0.4) is 0 Å². The molecule has 21 heavy (non-hydrogen) atoms. The molecule has 0 aliphatic carbocycles. The minimum absolute atomic E-state index is 0.129. The first-order chi connectivity index (χ1) is 9.62. The van der Waals surface area contributed by atoms with Gasteiger partial charge in [0.2, 0.25) is 0 Å². The summed E-state index contributed by atoms with van der Waals surface area (Å²) >= 11 is 17.8. The number of carbonyl (C=O) groups excluding carboxylic acids is 1. The summed E-state index contributed by atoms with van der Waals surface area (Å²) in [6, 6.07) is 2.96. The van der Waals surface area contributed by atoms with Crippen LogP contribution in [0.4, 0.5) is 0 Å². The van der Waals surface area contributed by atoms with Crippen molar-refractivity contribution in [2.24, 2.45) is 11.3 Å². The number of benzene rings is 1. The Kier molecular flexibility index (Phi) is 6.83. The van der Waals surface area contributed by atoms with Gasteiger partial charge in [0, 0.05) is 5.02 Å². The third-order valence-corrected chi connectivity index (χ3v) is 4.21. The van der Waals surface area contributed by atoms with Crippen molar-refractivity contribution in [2.75, 3.05) is 6.61 Å². The minimum Gasteiger partial charge on any atom is -0.462 e. The Hall–Kier alpha value is -0.440. The zero-order valence-corrected chi connectivity index (χ0v) is 15.1. The first kappa shape index (κ1) is 18.6. The number of halogens is 3. The first-order valence-corrected chi connectivity index (χ1v) is 8.07. The largest absolute Gasteiger partial charge is 0.462 e. The van der Waals surface area contributed by atoms with Gasteiger partial charge < -0.3 is 4.74 Å². The number of hydrogen-bond donors (Lipinski definition) is 0. The van der Waals surface area contributed by atoms with Crippen LogP contribution in [-0.2, 0) is 4.74 Å². The van der Waals surface area contributed by atoms with Crippen molar-refractivity contribution in [3.63, 3.8) is 0 Å². The molecule has 2 nitrogen and oxygen atoms in total. The van der Waals surface area contributed by atoms with E-state index in [9.17, 15) is 4.79 Å². The molecule has 0 N–H and O–H groups in total. The van der Waals surface area contributed by atoms with Gasteiger partial charge in [0.1, 0.15) is 0 Å². The Balaban J connectivity index is 2.63. The van der Waals surface area contributed by atoms with Crippen LogP contribution in [0.2, 0.25) is 15.1 Å². The van der Waals surface area contributed by atoms with Gasteiger partial charge in [-0.1, -0.05) is 62.5 Å². The van der Waals surface area contributed by atoms with Gasteiger partial charge in [-0.05, 0) is 36.3 Å². The van der Waals surface area contributed by atoms with Gasteiger partial charge in [-0.3, -0.25) is 0 Å². The second-order valence-electron chi connectivity index (χ2n) is 6.40. The molecule has 0 radical (unpaired) electrons. The summed E-state index contributed by atoms with van der Waals surface area (Å²) in [7, 11) is 0. The Bertz CT molecular complexity index is 510. The fraction of sp³-hybridized carbons (Fsp3) is 0.562. The average Bonchev–Trinajstić information content (AvgIpc) is 2.31. The highest BCUT2D eigenvalue weighted by Crippen LogP contribution is 2.31. The van der Waals surface area contributed by atoms with E-state index in [2.05, 4.69) is 27.7 Å². The van der Waals surface area contributed by atoms with E-state index in [4.69, 9.17) is 39.5 Å². The Morgan fingerprint density at radius 1 is 1.24 bits per heavy atom. The third-order valence-electron chi connectivity index (χ3n) is 3.19. The van der Waals surface area contributed by atoms with E-state index in [1.165, 1.54) is 12.1 Å². The van der Waals surface area contributed by atoms with Crippen LogP contribution in [0.5, 0.6) is 0 Å². The molecular weight excluding hydrogens is 331 g/mol. The second kappa shape index (κ2) is 7.71. The highest BCUT2D eigenvalue weighted by molar-refractivity contribution is 6.45. The normalized spacial score (nSPS) is 11.8. The van der Waals surface area contributed by atoms with E-state index in [0.29, 0.717) is 17.5 Å². The fourth-order valence-electron chi connectivity index (χ4n) is 2.41. The van der Waals surface area contributed by atoms with Crippen molar-refractivity contribution >= 4 is 40.8 Å². The molecule has 0 atom stereocenters. The van der Waals surface area contributed by atoms with Crippen LogP contribution < -0.4 is 0 Å². The van der Waals surface area contributed by atoms with Crippen LogP contribution in [0, 0.1) is 11.3 Å². The smallest absolute Gasteiger partial charge is 0.339 e. The maximum Gasteiger partial charge on any atom is 0.339 e. The number of rotatable bonds is 6. The molecule has 118 valence electrons. The molecular formula is C16H21Cl3O2. The molecule has 0 amide bonds. The average molecular weight is 352 g/mol. The van der Waals surface area contributed by atoms with E-state index >= 15 is 0 Å². The van der Waals surface area contributed by atoms with E-state index < -0.39 is 5.97 Å². The van der Waals surface area contributed by atoms with Crippen molar-refractivity contribution in [2.45, 2.75) is 40.5 Å². The van der Waals surface area contributed by atoms with Gasteiger partial charge in [0.05, 0.1) is 22.2 Å². The summed E-state index contributed by atoms with van der Waals surface area (Å²) in [4.78, 5) is 12.1. The van der Waals surface area contributed by atoms with Crippen LogP contribution in [0.15, 0.2) is 12.1 Å². The molecule has 1 aromatic rings. The van der Waals surface area contributed by atoms with Crippen molar-refractivity contribution in [1.29, 1.82) is 0 Å². The molecule has 0 spiro atoms. The van der Waals surface area contributed by atoms with Crippen LogP contribution in [0.25, 0.3) is 0 Å². The van der Waals surface area contributed by atoms with Crippen LogP contribution >= 0.6 is 34.8 Å². The lowest BCUT2D eigenvalue weighted by molar-refractivity contribution is 0.0448. The van der Waals surface area contributed by atoms with Crippen LogP contribution in [0.1, 0.15) is 50.9 Å². The van der Waals surface area contributed by atoms with Gasteiger partial charge in [0.15, 0.2) is 0 Å². The minimum atomic E-state index is -0.496. The summed E-state index contributed by atoms with van der Waals surface area (Å²) in [5.41, 5.74) is 0.334. The standard InChI is InChI=1S/C16H21Cl3O2/c1-10(2)9-16(3,4)5-6-21-15(20)12-7-11(17)8-13(18)14(12)19/h7-8,10H,5-6,9H2,1-4H3. The SMILES string of the molecule is CC(C)CC(C)(C)CCOC(=O)c1cc(Cl)cc(Cl)c1Cl. The third kappa shape index (κ3) is 6.06. The number of carbonyl (C=O) groups is 1. The second-order valence-corrected chi connectivity index (χ2v) is 7.62. The predicted octanol–water partition coefficient (Wildman–Crippen LogP) is 6.27. The number of esters is 1. The van der Waals surface area contributed by atoms with Crippen molar-refractivity contribution in [3.05, 3.63) is 32.8 Å². The molecule has 0 fully saturated rings. The van der Waals surface area contributed by atoms with E-state index in [-0.39, 0.29) is 21.0 Å². The molecule has 0 saturated heterocycles. The summed E-state index contributed by atoms with van der Waals surface area (Å²) in [6.07, 6.45) is 1.87. The molecule has 1 aromatic carbocycles. The van der Waals surface area contributed by atoms with Gasteiger partial charge >= 0.3 is 5.97 Å². The number of hydrogen-bond acceptors (Lipinski definition) is 2. The highest BCUT2D eigenvalue weighted by Gasteiger charge is 2.21. The summed E-state index contributed by atoms with van der Waals surface area (Å²) in [5, 5.41) is 0.778. The Morgan fingerprint density at radius 2 is 1.86 bits per heavy atom. The topological polar surface area (TPSA) is 26.3 Å². The van der Waals surface area contributed by atoms with Gasteiger partial charge in [-0.15, -0.1) is 0 Å². The van der Waals surface area contributed by atoms with Crippen molar-refractivity contribution in [3.8, 4) is 0 Å². The highest BCUT2D eigenvalue weighted by atomic mass is 35.5. The molecule has 0 aliphatic rings. The molecule has 0 unspecified atom stereocenters. The maximum absolute atomic E-state index is 12.1. The lowest BCUT2D eigenvalue weighted by atomic mass is 9.81. The zero-order chi connectivity index (χ0) is 16.2. The first-order valence-electron chi connectivity index (χ1n) is 6.94. The summed E-state index contributed by atoms with van der Waals surface area (Å²) in [5.74, 6) is 0.113. The van der Waals surface area contributed by atoms with Crippen molar-refractivity contribution in [1.82, 2.24) is 0 Å². The maximum atomic E-state index is 12.1. The summed E-state index contributed by atoms with van der Waals surface area (Å²) in [6.45, 7) is 9.05. The van der Waals surface area contributed by atoms with Crippen LogP contribution in [-0.4, -0.2) is 12.6 Å². The van der Waals surface area contributed by atoms with E-state index in [1.54, 1.807) is 0 Å². The Labute approximate surface area is 141 Å². The van der Waals surface area contributed by atoms with E-state index in [1.807, 2.05) is 0 Å². The quantitative estimate of drug-likeness (QED) is 0.446. The van der Waals surface area contributed by atoms with Gasteiger partial charge in [-0.25, -0.2) is 4.79 Å². The lowest BCUT2D eigenvalue weighted by Gasteiger charge is -2.26. The van der Waals surface area contributed by atoms with Gasteiger partial charge in [-0.2, -0.15) is 0 Å². The molecule has 0 aromatic heterocycles. The lowest BCUT2D eigenvalue weighted by Crippen LogP contribution is -2.18. The molecule has 0 saturated carbocycles. The van der Waals surface area contributed by atoms with Gasteiger partial charge in [0.25, 0.3) is 0 Å². The molecule has 0 bridgehead atoms.